The maximum absolute atomic E-state index is 13.1. The van der Waals surface area contributed by atoms with E-state index in [1.807, 2.05) is 0 Å². The lowest BCUT2D eigenvalue weighted by atomic mass is 10.0. The third kappa shape index (κ3) is 1.90. The average molecular weight is 197 g/mol. The number of rotatable bonds is 2. The molecular formula is C10H12FNO2. The lowest BCUT2D eigenvalue weighted by Crippen LogP contribution is -2.26. The maximum Gasteiger partial charge on any atom is 0.183 e. The molecule has 0 radical (unpaired) electrons. The van der Waals surface area contributed by atoms with Gasteiger partial charge in [-0.15, -0.1) is 0 Å². The van der Waals surface area contributed by atoms with Crippen molar-refractivity contribution in [3.8, 4) is 5.75 Å². The Balaban J connectivity index is 3.22. The normalized spacial score (nSPS) is 12.6. The van der Waals surface area contributed by atoms with Crippen LogP contribution in [0.3, 0.4) is 0 Å². The van der Waals surface area contributed by atoms with E-state index in [-0.39, 0.29) is 11.3 Å². The number of carbonyl (C=O) groups is 1. The third-order valence-electron chi connectivity index (χ3n) is 1.96. The highest BCUT2D eigenvalue weighted by Gasteiger charge is 2.16. The molecule has 1 atom stereocenters. The maximum atomic E-state index is 13.1. The quantitative estimate of drug-likeness (QED) is 0.704. The van der Waals surface area contributed by atoms with Crippen LogP contribution in [0.2, 0.25) is 0 Å². The number of aromatic hydroxyl groups is 1. The molecule has 0 amide bonds. The first-order valence-corrected chi connectivity index (χ1v) is 4.22. The zero-order valence-corrected chi connectivity index (χ0v) is 8.04. The van der Waals surface area contributed by atoms with Gasteiger partial charge in [-0.05, 0) is 31.5 Å². The first-order chi connectivity index (χ1) is 6.43. The van der Waals surface area contributed by atoms with Gasteiger partial charge in [0.05, 0.1) is 11.6 Å². The van der Waals surface area contributed by atoms with Crippen LogP contribution in [0, 0.1) is 12.7 Å². The smallest absolute Gasteiger partial charge is 0.183 e. The predicted octanol–water partition coefficient (Wildman–Crippen LogP) is 1.37. The summed E-state index contributed by atoms with van der Waals surface area (Å²) < 4.78 is 13.1. The Bertz CT molecular complexity index is 375. The van der Waals surface area contributed by atoms with Gasteiger partial charge in [-0.25, -0.2) is 4.39 Å². The number of Topliss-reactive ketones (excluding diaryl/α,β-unsaturated/α-hetero) is 1. The topological polar surface area (TPSA) is 63.3 Å². The van der Waals surface area contributed by atoms with E-state index in [2.05, 4.69) is 0 Å². The van der Waals surface area contributed by atoms with Crippen LogP contribution in [0.15, 0.2) is 12.1 Å². The van der Waals surface area contributed by atoms with Gasteiger partial charge in [-0.1, -0.05) is 0 Å². The molecule has 0 bridgehead atoms. The van der Waals surface area contributed by atoms with Crippen molar-refractivity contribution in [1.29, 1.82) is 0 Å². The number of phenolic OH excluding ortho intramolecular Hbond substituents is 1. The van der Waals surface area contributed by atoms with Gasteiger partial charge in [0.25, 0.3) is 0 Å². The van der Waals surface area contributed by atoms with E-state index in [1.54, 1.807) is 0 Å². The van der Waals surface area contributed by atoms with Gasteiger partial charge in [-0.2, -0.15) is 0 Å². The van der Waals surface area contributed by atoms with Crippen molar-refractivity contribution in [3.05, 3.63) is 29.1 Å². The molecule has 0 saturated carbocycles. The minimum Gasteiger partial charge on any atom is -0.507 e. The van der Waals surface area contributed by atoms with Gasteiger partial charge >= 0.3 is 0 Å². The van der Waals surface area contributed by atoms with Crippen molar-refractivity contribution in [2.75, 3.05) is 0 Å². The fraction of sp³-hybridized carbons (Fsp3) is 0.300. The van der Waals surface area contributed by atoms with Crippen molar-refractivity contribution < 1.29 is 14.3 Å². The molecule has 0 saturated heterocycles. The Morgan fingerprint density at radius 3 is 2.64 bits per heavy atom. The van der Waals surface area contributed by atoms with Crippen LogP contribution in [0.25, 0.3) is 0 Å². The van der Waals surface area contributed by atoms with E-state index < -0.39 is 17.6 Å². The van der Waals surface area contributed by atoms with Crippen molar-refractivity contribution in [2.45, 2.75) is 19.9 Å². The number of aryl methyl sites for hydroxylation is 1. The SMILES string of the molecule is Cc1cc(O)c(C(=O)C(C)N)cc1F. The van der Waals surface area contributed by atoms with Crippen LogP contribution in [0.4, 0.5) is 4.39 Å². The van der Waals surface area contributed by atoms with Gasteiger partial charge in [-0.3, -0.25) is 4.79 Å². The van der Waals surface area contributed by atoms with Gasteiger partial charge in [0.1, 0.15) is 11.6 Å². The van der Waals surface area contributed by atoms with Crippen molar-refractivity contribution in [3.63, 3.8) is 0 Å². The summed E-state index contributed by atoms with van der Waals surface area (Å²) in [6, 6.07) is 1.48. The van der Waals surface area contributed by atoms with E-state index in [4.69, 9.17) is 5.73 Å². The molecule has 0 spiro atoms. The highest BCUT2D eigenvalue weighted by atomic mass is 19.1. The van der Waals surface area contributed by atoms with E-state index in [0.29, 0.717) is 5.56 Å². The molecule has 0 aliphatic carbocycles. The van der Waals surface area contributed by atoms with Crippen molar-refractivity contribution >= 4 is 5.78 Å². The number of ketones is 1. The summed E-state index contributed by atoms with van der Waals surface area (Å²) in [5.41, 5.74) is 5.57. The second-order valence-electron chi connectivity index (χ2n) is 3.27. The second kappa shape index (κ2) is 3.75. The molecule has 1 unspecified atom stereocenters. The van der Waals surface area contributed by atoms with Gasteiger partial charge in [0.15, 0.2) is 5.78 Å². The number of halogens is 1. The Morgan fingerprint density at radius 1 is 1.57 bits per heavy atom. The highest BCUT2D eigenvalue weighted by molar-refractivity contribution is 6.02. The number of nitrogens with two attached hydrogens (primary N) is 1. The minimum atomic E-state index is -0.747. The first-order valence-electron chi connectivity index (χ1n) is 4.22. The fourth-order valence-corrected chi connectivity index (χ4v) is 1.11. The lowest BCUT2D eigenvalue weighted by Gasteiger charge is -2.07. The zero-order chi connectivity index (χ0) is 10.9. The molecule has 4 heteroatoms. The molecule has 1 aromatic carbocycles. The summed E-state index contributed by atoms with van der Waals surface area (Å²) in [5.74, 6) is -1.22. The van der Waals surface area contributed by atoms with Crippen LogP contribution in [-0.4, -0.2) is 16.9 Å². The van der Waals surface area contributed by atoms with E-state index in [9.17, 15) is 14.3 Å². The molecule has 0 aliphatic rings. The molecule has 76 valence electrons. The number of benzene rings is 1. The summed E-state index contributed by atoms with van der Waals surface area (Å²) in [4.78, 5) is 11.4. The fourth-order valence-electron chi connectivity index (χ4n) is 1.11. The zero-order valence-electron chi connectivity index (χ0n) is 8.04. The Morgan fingerprint density at radius 2 is 2.14 bits per heavy atom. The van der Waals surface area contributed by atoms with Crippen LogP contribution in [0.1, 0.15) is 22.8 Å². The average Bonchev–Trinajstić information content (AvgIpc) is 2.10. The largest absolute Gasteiger partial charge is 0.507 e. The highest BCUT2D eigenvalue weighted by Crippen LogP contribution is 2.22. The van der Waals surface area contributed by atoms with Crippen LogP contribution < -0.4 is 5.73 Å². The van der Waals surface area contributed by atoms with E-state index >= 15 is 0 Å². The third-order valence-corrected chi connectivity index (χ3v) is 1.96. The Hall–Kier alpha value is -1.42. The van der Waals surface area contributed by atoms with E-state index in [0.717, 1.165) is 6.07 Å². The first kappa shape index (κ1) is 10.7. The standard InChI is InChI=1S/C10H12FNO2/c1-5-3-9(13)7(4-8(5)11)10(14)6(2)12/h3-4,6,13H,12H2,1-2H3. The van der Waals surface area contributed by atoms with Gasteiger partial charge in [0.2, 0.25) is 0 Å². The molecule has 3 N–H and O–H groups in total. The summed E-state index contributed by atoms with van der Waals surface area (Å²) in [5, 5.41) is 9.39. The molecule has 1 aromatic rings. The molecule has 0 aliphatic heterocycles. The molecule has 14 heavy (non-hydrogen) atoms. The lowest BCUT2D eigenvalue weighted by molar-refractivity contribution is 0.0965. The molecule has 0 aromatic heterocycles. The summed E-state index contributed by atoms with van der Waals surface area (Å²) in [6.45, 7) is 2.99. The van der Waals surface area contributed by atoms with Crippen LogP contribution in [-0.2, 0) is 0 Å². The molecule has 3 nitrogen and oxygen atoms in total. The molecular weight excluding hydrogens is 185 g/mol. The number of carbonyl (C=O) groups excluding carboxylic acids is 1. The predicted molar refractivity (Wildman–Crippen MR) is 50.8 cm³/mol. The number of hydrogen-bond acceptors (Lipinski definition) is 3. The van der Waals surface area contributed by atoms with Gasteiger partial charge in [0, 0.05) is 0 Å². The molecule has 1 rings (SSSR count). The summed E-state index contributed by atoms with van der Waals surface area (Å²) in [7, 11) is 0. The number of hydrogen-bond donors (Lipinski definition) is 2. The monoisotopic (exact) mass is 197 g/mol. The minimum absolute atomic E-state index is 0.0666. The molecule has 0 heterocycles. The Kier molecular flexibility index (Phi) is 2.86. The van der Waals surface area contributed by atoms with Crippen LogP contribution in [0.5, 0.6) is 5.75 Å². The second-order valence-corrected chi connectivity index (χ2v) is 3.27. The van der Waals surface area contributed by atoms with Gasteiger partial charge < -0.3 is 10.8 Å². The summed E-state index contributed by atoms with van der Waals surface area (Å²) in [6.07, 6.45) is 0. The number of phenols is 1. The Labute approximate surface area is 81.4 Å². The van der Waals surface area contributed by atoms with Crippen molar-refractivity contribution in [2.24, 2.45) is 5.73 Å². The summed E-state index contributed by atoms with van der Waals surface area (Å²) >= 11 is 0. The van der Waals surface area contributed by atoms with E-state index in [1.165, 1.54) is 19.9 Å². The van der Waals surface area contributed by atoms with Crippen molar-refractivity contribution in [1.82, 2.24) is 0 Å². The molecule has 0 fully saturated rings. The van der Waals surface area contributed by atoms with Crippen LogP contribution >= 0.6 is 0 Å².